The molecule has 0 heterocycles. The molecule has 0 atom stereocenters. The molecule has 0 bridgehead atoms. The lowest BCUT2D eigenvalue weighted by Crippen LogP contribution is -1.69. The zero-order valence-electron chi connectivity index (χ0n) is 7.79. The third-order valence-corrected chi connectivity index (χ3v) is 2.27. The first-order chi connectivity index (χ1) is 5.83. The Labute approximate surface area is 85.2 Å². The summed E-state index contributed by atoms with van der Waals surface area (Å²) in [7, 11) is 0. The molecule has 70 valence electrons. The van der Waals surface area contributed by atoms with Gasteiger partial charge in [-0.1, -0.05) is 18.2 Å². The van der Waals surface area contributed by atoms with Crippen molar-refractivity contribution in [1.82, 2.24) is 0 Å². The topological polar surface area (TPSA) is 0 Å². The van der Waals surface area contributed by atoms with Gasteiger partial charge in [0, 0.05) is 17.3 Å². The summed E-state index contributed by atoms with van der Waals surface area (Å²) in [5.74, 6) is 3.14. The van der Waals surface area contributed by atoms with Crippen LogP contribution in [0.3, 0.4) is 0 Å². The Balaban J connectivity index is 0. The van der Waals surface area contributed by atoms with E-state index in [1.54, 1.807) is 11.8 Å². The highest BCUT2D eigenvalue weighted by Gasteiger charge is 1.73. The van der Waals surface area contributed by atoms with Gasteiger partial charge in [-0.3, -0.25) is 0 Å². The van der Waals surface area contributed by atoms with Gasteiger partial charge < -0.3 is 0 Å². The maximum atomic E-state index is 3.58. The van der Waals surface area contributed by atoms with Gasteiger partial charge >= 0.3 is 0 Å². The second-order valence-electron chi connectivity index (χ2n) is 1.86. The minimum atomic E-state index is 1.03. The van der Waals surface area contributed by atoms with E-state index >= 15 is 0 Å². The smallest absolute Gasteiger partial charge is 0.0113 e. The summed E-state index contributed by atoms with van der Waals surface area (Å²) in [4.78, 5) is 0. The average Bonchev–Trinajstić information content (AvgIpc) is 2.08. The predicted molar refractivity (Wildman–Crippen MR) is 66.3 cm³/mol. The van der Waals surface area contributed by atoms with Gasteiger partial charge in [-0.05, 0) is 6.26 Å². The van der Waals surface area contributed by atoms with Crippen LogP contribution in [0.25, 0.3) is 0 Å². The number of hydrogen-bond acceptors (Lipinski definition) is 2. The molecular formula is C10H18S2. The normalized spacial score (nSPS) is 7.75. The van der Waals surface area contributed by atoms with Gasteiger partial charge in [0.15, 0.2) is 0 Å². The van der Waals surface area contributed by atoms with Gasteiger partial charge in [0.05, 0.1) is 0 Å². The lowest BCUT2D eigenvalue weighted by atomic mass is 10.8. The zero-order valence-corrected chi connectivity index (χ0v) is 9.42. The fraction of sp³-hybridized carbons (Fsp3) is 0.400. The van der Waals surface area contributed by atoms with Crippen molar-refractivity contribution in [1.29, 1.82) is 0 Å². The largest absolute Gasteiger partial charge is 0.161 e. The Hall–Kier alpha value is -0.0800. The minimum absolute atomic E-state index is 1.03. The van der Waals surface area contributed by atoms with E-state index in [0.29, 0.717) is 0 Å². The van der Waals surface area contributed by atoms with E-state index in [9.17, 15) is 0 Å². The van der Waals surface area contributed by atoms with Crippen LogP contribution < -0.4 is 0 Å². The van der Waals surface area contributed by atoms with Gasteiger partial charge in [-0.25, -0.2) is 0 Å². The van der Waals surface area contributed by atoms with Crippen molar-refractivity contribution in [3.05, 3.63) is 38.0 Å². The van der Waals surface area contributed by atoms with E-state index in [-0.39, 0.29) is 0 Å². The van der Waals surface area contributed by atoms with Crippen LogP contribution >= 0.6 is 23.5 Å². The molecule has 0 amide bonds. The van der Waals surface area contributed by atoms with E-state index in [1.807, 2.05) is 30.0 Å². The van der Waals surface area contributed by atoms with Crippen LogP contribution in [0.15, 0.2) is 38.0 Å². The molecule has 0 aliphatic heterocycles. The lowest BCUT2D eigenvalue weighted by molar-refractivity contribution is 1.74. The molecule has 0 rings (SSSR count). The predicted octanol–water partition coefficient (Wildman–Crippen LogP) is 3.63. The molecule has 0 saturated heterocycles. The van der Waals surface area contributed by atoms with E-state index in [4.69, 9.17) is 0 Å². The van der Waals surface area contributed by atoms with Crippen LogP contribution in [-0.2, 0) is 0 Å². The second-order valence-corrected chi connectivity index (χ2v) is 3.84. The SMILES string of the molecule is C=CCSC.C=CCSCC=C. The summed E-state index contributed by atoms with van der Waals surface area (Å²) in [6.07, 6.45) is 7.74. The van der Waals surface area contributed by atoms with Crippen LogP contribution in [0.2, 0.25) is 0 Å². The van der Waals surface area contributed by atoms with E-state index in [2.05, 4.69) is 26.0 Å². The molecule has 2 heteroatoms. The fourth-order valence-electron chi connectivity index (χ4n) is 0.353. The third-order valence-electron chi connectivity index (χ3n) is 0.756. The molecule has 0 nitrogen and oxygen atoms in total. The van der Waals surface area contributed by atoms with Crippen molar-refractivity contribution < 1.29 is 0 Å². The molecule has 0 unspecified atom stereocenters. The molecular weight excluding hydrogens is 184 g/mol. The molecule has 0 aromatic rings. The van der Waals surface area contributed by atoms with Crippen molar-refractivity contribution in [2.24, 2.45) is 0 Å². The maximum Gasteiger partial charge on any atom is 0.0113 e. The van der Waals surface area contributed by atoms with Crippen LogP contribution in [0.5, 0.6) is 0 Å². The van der Waals surface area contributed by atoms with E-state index < -0.39 is 0 Å². The number of hydrogen-bond donors (Lipinski definition) is 0. The highest BCUT2D eigenvalue weighted by molar-refractivity contribution is 7.99. The first-order valence-electron chi connectivity index (χ1n) is 3.72. The van der Waals surface area contributed by atoms with E-state index in [1.165, 1.54) is 0 Å². The molecule has 0 aromatic carbocycles. The molecule has 0 spiro atoms. The molecule has 0 aliphatic carbocycles. The Bertz CT molecular complexity index is 100. The lowest BCUT2D eigenvalue weighted by Gasteiger charge is -1.85. The van der Waals surface area contributed by atoms with Gasteiger partial charge in [0.1, 0.15) is 0 Å². The summed E-state index contributed by atoms with van der Waals surface area (Å²) >= 11 is 3.60. The van der Waals surface area contributed by atoms with Crippen LogP contribution in [0.1, 0.15) is 0 Å². The van der Waals surface area contributed by atoms with Gasteiger partial charge in [0.2, 0.25) is 0 Å². The number of rotatable bonds is 6. The van der Waals surface area contributed by atoms with Crippen molar-refractivity contribution in [3.8, 4) is 0 Å². The van der Waals surface area contributed by atoms with Crippen LogP contribution in [-0.4, -0.2) is 23.5 Å². The second kappa shape index (κ2) is 17.1. The molecule has 0 radical (unpaired) electrons. The van der Waals surface area contributed by atoms with Gasteiger partial charge in [-0.2, -0.15) is 23.5 Å². The van der Waals surface area contributed by atoms with Crippen molar-refractivity contribution in [2.75, 3.05) is 23.5 Å². The molecule has 0 saturated carbocycles. The fourth-order valence-corrected chi connectivity index (χ4v) is 1.06. The van der Waals surface area contributed by atoms with E-state index in [0.717, 1.165) is 17.3 Å². The molecule has 0 fully saturated rings. The highest BCUT2D eigenvalue weighted by atomic mass is 32.2. The Morgan fingerprint density at radius 1 is 0.917 bits per heavy atom. The Morgan fingerprint density at radius 3 is 1.50 bits per heavy atom. The summed E-state index contributed by atoms with van der Waals surface area (Å²) < 4.78 is 0. The summed E-state index contributed by atoms with van der Waals surface area (Å²) in [6, 6.07) is 0. The summed E-state index contributed by atoms with van der Waals surface area (Å²) in [5, 5.41) is 0. The molecule has 12 heavy (non-hydrogen) atoms. The Morgan fingerprint density at radius 2 is 1.33 bits per heavy atom. The molecule has 0 aliphatic rings. The van der Waals surface area contributed by atoms with Gasteiger partial charge in [0.25, 0.3) is 0 Å². The van der Waals surface area contributed by atoms with Crippen LogP contribution in [0, 0.1) is 0 Å². The van der Waals surface area contributed by atoms with Crippen LogP contribution in [0.4, 0.5) is 0 Å². The first-order valence-corrected chi connectivity index (χ1v) is 6.27. The van der Waals surface area contributed by atoms with Crippen molar-refractivity contribution in [2.45, 2.75) is 0 Å². The third kappa shape index (κ3) is 22.5. The average molecular weight is 202 g/mol. The number of thioether (sulfide) groups is 2. The Kier molecular flexibility index (Phi) is 20.6. The summed E-state index contributed by atoms with van der Waals surface area (Å²) in [6.45, 7) is 10.7. The molecule has 0 N–H and O–H groups in total. The monoisotopic (exact) mass is 202 g/mol. The van der Waals surface area contributed by atoms with Gasteiger partial charge in [-0.15, -0.1) is 19.7 Å². The highest BCUT2D eigenvalue weighted by Crippen LogP contribution is 1.97. The molecule has 0 aromatic heterocycles. The maximum absolute atomic E-state index is 3.58. The van der Waals surface area contributed by atoms with Crippen molar-refractivity contribution in [3.63, 3.8) is 0 Å². The van der Waals surface area contributed by atoms with Crippen molar-refractivity contribution >= 4 is 23.5 Å². The quantitative estimate of drug-likeness (QED) is 0.476. The zero-order chi connectivity index (χ0) is 9.66. The first kappa shape index (κ1) is 14.4. The summed E-state index contributed by atoms with van der Waals surface area (Å²) in [5.41, 5.74) is 0. The standard InChI is InChI=1S/C6H10S.C4H8S/c1-3-5-7-6-4-2;1-3-4-5-2/h3-4H,1-2,5-6H2;3H,1,4H2,2H3. The minimum Gasteiger partial charge on any atom is -0.161 e.